The van der Waals surface area contributed by atoms with Gasteiger partial charge in [0.05, 0.1) is 10.6 Å². The molecule has 9 heteroatoms. The van der Waals surface area contributed by atoms with Gasteiger partial charge in [-0.05, 0) is 30.9 Å². The molecule has 1 aromatic carbocycles. The minimum absolute atomic E-state index is 0. The van der Waals surface area contributed by atoms with Gasteiger partial charge in [0.1, 0.15) is 5.82 Å². The number of rotatable bonds is 3. The topological polar surface area (TPSA) is 15.3 Å². The van der Waals surface area contributed by atoms with Crippen LogP contribution in [-0.2, 0) is 6.18 Å². The standard InChI is InChI=1S/C18H23ClF4N2.2ClH/c19-14-7-6-13(18(21,22)23)15(16(14)20)17(12-4-2-1-3-5-12)25-10-8-24-9-11-25;;/h6-7,12,17,24H,1-5,8-11H2;2*1H/t17-;;/m0../s1. The number of alkyl halides is 3. The summed E-state index contributed by atoms with van der Waals surface area (Å²) in [7, 11) is 0. The van der Waals surface area contributed by atoms with E-state index in [1.165, 1.54) is 0 Å². The molecule has 0 bridgehead atoms. The highest BCUT2D eigenvalue weighted by atomic mass is 35.5. The Bertz CT molecular complexity index is 583. The van der Waals surface area contributed by atoms with Crippen molar-refractivity contribution in [1.29, 1.82) is 0 Å². The maximum atomic E-state index is 14.9. The molecule has 156 valence electrons. The van der Waals surface area contributed by atoms with Crippen LogP contribution in [-0.4, -0.2) is 31.1 Å². The fourth-order valence-electron chi connectivity index (χ4n) is 4.23. The fourth-order valence-corrected chi connectivity index (χ4v) is 4.39. The third-order valence-electron chi connectivity index (χ3n) is 5.38. The molecule has 1 saturated carbocycles. The van der Waals surface area contributed by atoms with Crippen LogP contribution in [0.3, 0.4) is 0 Å². The van der Waals surface area contributed by atoms with Crippen LogP contribution in [0.5, 0.6) is 0 Å². The number of benzene rings is 1. The lowest BCUT2D eigenvalue weighted by Crippen LogP contribution is -2.47. The molecule has 0 unspecified atom stereocenters. The van der Waals surface area contributed by atoms with Gasteiger partial charge in [-0.15, -0.1) is 24.8 Å². The van der Waals surface area contributed by atoms with E-state index >= 15 is 0 Å². The molecule has 0 aromatic heterocycles. The predicted molar refractivity (Wildman–Crippen MR) is 105 cm³/mol. The van der Waals surface area contributed by atoms with Gasteiger partial charge in [0.25, 0.3) is 0 Å². The molecule has 1 heterocycles. The second-order valence-electron chi connectivity index (χ2n) is 6.95. The van der Waals surface area contributed by atoms with E-state index in [0.29, 0.717) is 26.2 Å². The second-order valence-corrected chi connectivity index (χ2v) is 7.36. The van der Waals surface area contributed by atoms with Crippen molar-refractivity contribution in [2.24, 2.45) is 5.92 Å². The Labute approximate surface area is 174 Å². The molecule has 2 aliphatic rings. The van der Waals surface area contributed by atoms with Crippen LogP contribution in [0.1, 0.15) is 49.3 Å². The zero-order valence-corrected chi connectivity index (χ0v) is 17.2. The van der Waals surface area contributed by atoms with Crippen LogP contribution in [0.2, 0.25) is 5.02 Å². The average molecular weight is 452 g/mol. The van der Waals surface area contributed by atoms with Crippen LogP contribution >= 0.6 is 36.4 Å². The van der Waals surface area contributed by atoms with E-state index < -0.39 is 23.6 Å². The lowest BCUT2D eigenvalue weighted by atomic mass is 9.78. The predicted octanol–water partition coefficient (Wildman–Crippen LogP) is 5.87. The van der Waals surface area contributed by atoms with Gasteiger partial charge in [-0.1, -0.05) is 30.9 Å². The average Bonchev–Trinajstić information content (AvgIpc) is 2.60. The lowest BCUT2D eigenvalue weighted by Gasteiger charge is -2.42. The van der Waals surface area contributed by atoms with Gasteiger partial charge in [0.15, 0.2) is 0 Å². The molecule has 27 heavy (non-hydrogen) atoms. The summed E-state index contributed by atoms with van der Waals surface area (Å²) < 4.78 is 55.7. The van der Waals surface area contributed by atoms with Gasteiger partial charge < -0.3 is 5.32 Å². The molecule has 0 spiro atoms. The van der Waals surface area contributed by atoms with Crippen LogP contribution < -0.4 is 5.32 Å². The van der Waals surface area contributed by atoms with Gasteiger partial charge >= 0.3 is 6.18 Å². The fraction of sp³-hybridized carbons (Fsp3) is 0.667. The lowest BCUT2D eigenvalue weighted by molar-refractivity contribution is -0.139. The van der Waals surface area contributed by atoms with E-state index in [2.05, 4.69) is 5.32 Å². The summed E-state index contributed by atoms with van der Waals surface area (Å²) in [6.07, 6.45) is 0.125. The van der Waals surface area contributed by atoms with E-state index in [-0.39, 0.29) is 41.3 Å². The number of piperazine rings is 1. The molecule has 3 rings (SSSR count). The Kier molecular flexibility index (Phi) is 9.62. The summed E-state index contributed by atoms with van der Waals surface area (Å²) in [5.74, 6) is -0.883. The third-order valence-corrected chi connectivity index (χ3v) is 5.67. The van der Waals surface area contributed by atoms with Crippen molar-refractivity contribution in [2.75, 3.05) is 26.2 Å². The van der Waals surface area contributed by atoms with Gasteiger partial charge in [-0.3, -0.25) is 4.90 Å². The molecule has 1 atom stereocenters. The Morgan fingerprint density at radius 1 is 1.04 bits per heavy atom. The summed E-state index contributed by atoms with van der Waals surface area (Å²) >= 11 is 5.88. The molecule has 0 amide bonds. The minimum atomic E-state index is -4.60. The number of halogens is 7. The molecule has 2 fully saturated rings. The number of nitrogens with zero attached hydrogens (tertiary/aromatic N) is 1. The van der Waals surface area contributed by atoms with Crippen molar-refractivity contribution < 1.29 is 17.6 Å². The Morgan fingerprint density at radius 3 is 2.19 bits per heavy atom. The molecule has 1 aliphatic carbocycles. The number of hydrogen-bond donors (Lipinski definition) is 1. The first-order valence-electron chi connectivity index (χ1n) is 8.89. The van der Waals surface area contributed by atoms with Crippen molar-refractivity contribution in [3.8, 4) is 0 Å². The minimum Gasteiger partial charge on any atom is -0.314 e. The van der Waals surface area contributed by atoms with Crippen LogP contribution in [0.4, 0.5) is 17.6 Å². The highest BCUT2D eigenvalue weighted by molar-refractivity contribution is 6.30. The van der Waals surface area contributed by atoms with Crippen molar-refractivity contribution in [3.63, 3.8) is 0 Å². The van der Waals surface area contributed by atoms with E-state index in [4.69, 9.17) is 11.6 Å². The van der Waals surface area contributed by atoms with Gasteiger partial charge in [0.2, 0.25) is 0 Å². The molecular weight excluding hydrogens is 427 g/mol. The molecule has 1 aliphatic heterocycles. The zero-order valence-electron chi connectivity index (χ0n) is 14.8. The molecule has 2 nitrogen and oxygen atoms in total. The van der Waals surface area contributed by atoms with Crippen LogP contribution in [0.15, 0.2) is 12.1 Å². The largest absolute Gasteiger partial charge is 0.416 e. The van der Waals surface area contributed by atoms with E-state index in [0.717, 1.165) is 44.2 Å². The molecule has 0 radical (unpaired) electrons. The van der Waals surface area contributed by atoms with Crippen molar-refractivity contribution in [3.05, 3.63) is 34.1 Å². The Morgan fingerprint density at radius 2 is 1.63 bits per heavy atom. The second kappa shape index (κ2) is 10.5. The van der Waals surface area contributed by atoms with Crippen molar-refractivity contribution >= 4 is 36.4 Å². The number of hydrogen-bond acceptors (Lipinski definition) is 2. The first kappa shape index (κ1) is 24.8. The smallest absolute Gasteiger partial charge is 0.314 e. The first-order valence-corrected chi connectivity index (χ1v) is 9.27. The van der Waals surface area contributed by atoms with Crippen LogP contribution in [0.25, 0.3) is 0 Å². The summed E-state index contributed by atoms with van der Waals surface area (Å²) in [6.45, 7) is 2.63. The molecule has 1 saturated heterocycles. The van der Waals surface area contributed by atoms with E-state index in [1.807, 2.05) is 4.90 Å². The SMILES string of the molecule is Cl.Cl.Fc1c(Cl)ccc(C(F)(F)F)c1[C@H](C1CCCCC1)N1CCNCC1. The number of nitrogens with one attached hydrogen (secondary N) is 1. The summed E-state index contributed by atoms with van der Waals surface area (Å²) in [5.41, 5.74) is -1.14. The highest BCUT2D eigenvalue weighted by Gasteiger charge is 2.42. The Hall–Kier alpha value is -0.270. The summed E-state index contributed by atoms with van der Waals surface area (Å²) in [6, 6.07) is 1.37. The van der Waals surface area contributed by atoms with E-state index in [9.17, 15) is 17.6 Å². The third kappa shape index (κ3) is 5.63. The molecular formula is C18H25Cl3F4N2. The van der Waals surface area contributed by atoms with E-state index in [1.54, 1.807) is 0 Å². The van der Waals surface area contributed by atoms with Gasteiger partial charge in [-0.2, -0.15) is 13.2 Å². The maximum Gasteiger partial charge on any atom is 0.416 e. The molecule has 1 aromatic rings. The first-order chi connectivity index (χ1) is 11.9. The van der Waals surface area contributed by atoms with Crippen LogP contribution in [0, 0.1) is 11.7 Å². The van der Waals surface area contributed by atoms with Crippen molar-refractivity contribution in [2.45, 2.75) is 44.3 Å². The maximum absolute atomic E-state index is 14.9. The molecule has 1 N–H and O–H groups in total. The highest BCUT2D eigenvalue weighted by Crippen LogP contribution is 2.45. The quantitative estimate of drug-likeness (QED) is 0.578. The summed E-state index contributed by atoms with van der Waals surface area (Å²) in [4.78, 5) is 2.01. The normalized spacial score (nSPS) is 20.5. The Balaban J connectivity index is 0.00000182. The zero-order chi connectivity index (χ0) is 18.0. The summed E-state index contributed by atoms with van der Waals surface area (Å²) in [5, 5.41) is 2.97. The van der Waals surface area contributed by atoms with Gasteiger partial charge in [0, 0.05) is 37.8 Å². The van der Waals surface area contributed by atoms with Gasteiger partial charge in [-0.25, -0.2) is 4.39 Å². The van der Waals surface area contributed by atoms with Crippen molar-refractivity contribution in [1.82, 2.24) is 10.2 Å². The monoisotopic (exact) mass is 450 g/mol.